The van der Waals surface area contributed by atoms with Crippen LogP contribution in [0.4, 0.5) is 0 Å². The van der Waals surface area contributed by atoms with Crippen molar-refractivity contribution in [3.8, 4) is 0 Å². The highest BCUT2D eigenvalue weighted by molar-refractivity contribution is 9.10. The Morgan fingerprint density at radius 2 is 2.00 bits per heavy atom. The molecule has 4 nitrogen and oxygen atoms in total. The zero-order chi connectivity index (χ0) is 15.2. The summed E-state index contributed by atoms with van der Waals surface area (Å²) in [6.45, 7) is 1.60. The van der Waals surface area contributed by atoms with Crippen LogP contribution in [0.5, 0.6) is 0 Å². The maximum Gasteiger partial charge on any atom is 0.338 e. The van der Waals surface area contributed by atoms with Gasteiger partial charge >= 0.3 is 5.97 Å². The molecule has 0 saturated carbocycles. The van der Waals surface area contributed by atoms with Crippen LogP contribution in [0.3, 0.4) is 0 Å². The largest absolute Gasteiger partial charge is 0.452 e. The third-order valence-electron chi connectivity index (χ3n) is 2.76. The van der Waals surface area contributed by atoms with Gasteiger partial charge in [0.2, 0.25) is 0 Å². The molecule has 1 atom stereocenters. The third-order valence-corrected chi connectivity index (χ3v) is 4.35. The van der Waals surface area contributed by atoms with Crippen LogP contribution in [0.2, 0.25) is 0 Å². The Labute approximate surface area is 135 Å². The van der Waals surface area contributed by atoms with Crippen LogP contribution in [-0.2, 0) is 9.53 Å². The number of halogens is 1. The molecule has 0 bridgehead atoms. The average molecular weight is 368 g/mol. The smallest absolute Gasteiger partial charge is 0.338 e. The van der Waals surface area contributed by atoms with Gasteiger partial charge in [-0.25, -0.2) is 4.79 Å². The lowest BCUT2D eigenvalue weighted by molar-refractivity contribution is -0.124. The van der Waals surface area contributed by atoms with Gasteiger partial charge in [-0.3, -0.25) is 4.79 Å². The van der Waals surface area contributed by atoms with Crippen molar-refractivity contribution >= 4 is 39.1 Å². The number of thiophene rings is 1. The van der Waals surface area contributed by atoms with E-state index in [0.29, 0.717) is 5.56 Å². The summed E-state index contributed by atoms with van der Waals surface area (Å²) < 4.78 is 5.86. The lowest BCUT2D eigenvalue weighted by Gasteiger charge is -2.12. The van der Waals surface area contributed by atoms with Gasteiger partial charge < -0.3 is 10.1 Å². The SMILES string of the molecule is C[C@@H](NC(=O)COC(=O)c1ccc(Br)cc1)c1cccs1. The van der Waals surface area contributed by atoms with E-state index in [1.165, 1.54) is 0 Å². The average Bonchev–Trinajstić information content (AvgIpc) is 3.00. The van der Waals surface area contributed by atoms with Crippen molar-refractivity contribution in [2.45, 2.75) is 13.0 Å². The Hall–Kier alpha value is -1.66. The Balaban J connectivity index is 1.81. The third kappa shape index (κ3) is 4.68. The van der Waals surface area contributed by atoms with Gasteiger partial charge in [-0.2, -0.15) is 0 Å². The summed E-state index contributed by atoms with van der Waals surface area (Å²) in [4.78, 5) is 24.6. The summed E-state index contributed by atoms with van der Waals surface area (Å²) >= 11 is 4.86. The lowest BCUT2D eigenvalue weighted by atomic mass is 10.2. The maximum atomic E-state index is 11.8. The van der Waals surface area contributed by atoms with Gasteiger partial charge in [0.1, 0.15) is 0 Å². The van der Waals surface area contributed by atoms with Crippen molar-refractivity contribution in [1.29, 1.82) is 0 Å². The number of hydrogen-bond acceptors (Lipinski definition) is 4. The molecule has 0 spiro atoms. The molecule has 1 heterocycles. The second-order valence-corrected chi connectivity index (χ2v) is 6.28. The van der Waals surface area contributed by atoms with Crippen molar-refractivity contribution in [3.05, 3.63) is 56.7 Å². The second-order valence-electron chi connectivity index (χ2n) is 4.39. The molecule has 0 aliphatic carbocycles. The van der Waals surface area contributed by atoms with Gasteiger partial charge in [0, 0.05) is 9.35 Å². The molecule has 21 heavy (non-hydrogen) atoms. The predicted molar refractivity (Wildman–Crippen MR) is 85.3 cm³/mol. The van der Waals surface area contributed by atoms with Crippen molar-refractivity contribution in [1.82, 2.24) is 5.32 Å². The molecule has 0 fully saturated rings. The first-order valence-electron chi connectivity index (χ1n) is 6.31. The molecule has 0 radical (unpaired) electrons. The fraction of sp³-hybridized carbons (Fsp3) is 0.200. The molecule has 1 aromatic heterocycles. The highest BCUT2D eigenvalue weighted by atomic mass is 79.9. The number of hydrogen-bond donors (Lipinski definition) is 1. The van der Waals surface area contributed by atoms with Crippen LogP contribution in [0.15, 0.2) is 46.3 Å². The second kappa shape index (κ2) is 7.38. The Morgan fingerprint density at radius 1 is 1.29 bits per heavy atom. The lowest BCUT2D eigenvalue weighted by Crippen LogP contribution is -2.30. The number of ether oxygens (including phenoxy) is 1. The first kappa shape index (κ1) is 15.7. The summed E-state index contributed by atoms with van der Waals surface area (Å²) in [5.74, 6) is -0.831. The van der Waals surface area contributed by atoms with Crippen LogP contribution in [0, 0.1) is 0 Å². The molecule has 1 amide bonds. The first-order chi connectivity index (χ1) is 10.1. The molecule has 2 aromatic rings. The summed E-state index contributed by atoms with van der Waals surface area (Å²) in [5.41, 5.74) is 0.414. The van der Waals surface area contributed by atoms with Crippen molar-refractivity contribution in [3.63, 3.8) is 0 Å². The Morgan fingerprint density at radius 3 is 2.62 bits per heavy atom. The van der Waals surface area contributed by atoms with E-state index < -0.39 is 5.97 Å². The molecule has 0 aliphatic heterocycles. The minimum atomic E-state index is -0.513. The first-order valence-corrected chi connectivity index (χ1v) is 7.99. The van der Waals surface area contributed by atoms with Crippen LogP contribution in [0.1, 0.15) is 28.2 Å². The van der Waals surface area contributed by atoms with Crippen LogP contribution in [0.25, 0.3) is 0 Å². The van der Waals surface area contributed by atoms with Gasteiger partial charge in [0.25, 0.3) is 5.91 Å². The molecule has 1 aromatic carbocycles. The fourth-order valence-corrected chi connectivity index (χ4v) is 2.69. The van der Waals surface area contributed by atoms with Crippen molar-refractivity contribution in [2.24, 2.45) is 0 Å². The predicted octanol–water partition coefficient (Wildman–Crippen LogP) is 3.54. The van der Waals surface area contributed by atoms with Crippen molar-refractivity contribution in [2.75, 3.05) is 6.61 Å². The molecule has 1 N–H and O–H groups in total. The van der Waals surface area contributed by atoms with Gasteiger partial charge in [0.15, 0.2) is 6.61 Å². The Kier molecular flexibility index (Phi) is 5.52. The van der Waals surface area contributed by atoms with E-state index in [4.69, 9.17) is 4.74 Å². The van der Waals surface area contributed by atoms with Gasteiger partial charge in [0.05, 0.1) is 11.6 Å². The van der Waals surface area contributed by atoms with Crippen LogP contribution >= 0.6 is 27.3 Å². The zero-order valence-electron chi connectivity index (χ0n) is 11.3. The van der Waals surface area contributed by atoms with Crippen molar-refractivity contribution < 1.29 is 14.3 Å². The standard InChI is InChI=1S/C15H14BrNO3S/c1-10(13-3-2-8-21-13)17-14(18)9-20-15(19)11-4-6-12(16)7-5-11/h2-8,10H,9H2,1H3,(H,17,18)/t10-/m1/s1. The monoisotopic (exact) mass is 367 g/mol. The van der Waals surface area contributed by atoms with Gasteiger partial charge in [-0.1, -0.05) is 22.0 Å². The highest BCUT2D eigenvalue weighted by Gasteiger charge is 2.13. The summed E-state index contributed by atoms with van der Waals surface area (Å²) in [5, 5.41) is 4.73. The van der Waals surface area contributed by atoms with E-state index in [-0.39, 0.29) is 18.6 Å². The van der Waals surface area contributed by atoms with E-state index >= 15 is 0 Å². The molecule has 6 heteroatoms. The highest BCUT2D eigenvalue weighted by Crippen LogP contribution is 2.17. The summed E-state index contributed by atoms with van der Waals surface area (Å²) in [6, 6.07) is 10.5. The molecule has 0 saturated heterocycles. The minimum absolute atomic E-state index is 0.0936. The molecule has 110 valence electrons. The number of esters is 1. The molecular weight excluding hydrogens is 354 g/mol. The number of nitrogens with one attached hydrogen (secondary N) is 1. The number of carbonyl (C=O) groups excluding carboxylic acids is 2. The van der Waals surface area contributed by atoms with E-state index in [0.717, 1.165) is 9.35 Å². The summed E-state index contributed by atoms with van der Waals surface area (Å²) in [6.07, 6.45) is 0. The maximum absolute atomic E-state index is 11.8. The molecule has 2 rings (SSSR count). The Bertz CT molecular complexity index is 610. The van der Waals surface area contributed by atoms with Gasteiger partial charge in [-0.15, -0.1) is 11.3 Å². The topological polar surface area (TPSA) is 55.4 Å². The number of rotatable bonds is 5. The van der Waals surface area contributed by atoms with E-state index in [9.17, 15) is 9.59 Å². The van der Waals surface area contributed by atoms with E-state index in [1.54, 1.807) is 35.6 Å². The van der Waals surface area contributed by atoms with Crippen LogP contribution < -0.4 is 5.32 Å². The molecule has 0 aliphatic rings. The number of carbonyl (C=O) groups is 2. The van der Waals surface area contributed by atoms with E-state index in [2.05, 4.69) is 21.2 Å². The molecule has 0 unspecified atom stereocenters. The summed E-state index contributed by atoms with van der Waals surface area (Å²) in [7, 11) is 0. The number of benzene rings is 1. The van der Waals surface area contributed by atoms with E-state index in [1.807, 2.05) is 24.4 Å². The molecular formula is C15H14BrNO3S. The normalized spacial score (nSPS) is 11.7. The number of amides is 1. The zero-order valence-corrected chi connectivity index (χ0v) is 13.7. The van der Waals surface area contributed by atoms with Crippen LogP contribution in [-0.4, -0.2) is 18.5 Å². The van der Waals surface area contributed by atoms with Gasteiger partial charge in [-0.05, 0) is 42.6 Å². The fourth-order valence-electron chi connectivity index (χ4n) is 1.69. The quantitative estimate of drug-likeness (QED) is 0.822. The minimum Gasteiger partial charge on any atom is -0.452 e.